The van der Waals surface area contributed by atoms with Crippen molar-refractivity contribution in [3.63, 3.8) is 0 Å². The van der Waals surface area contributed by atoms with Crippen LogP contribution in [0.3, 0.4) is 0 Å². The molecule has 0 aliphatic heterocycles. The van der Waals surface area contributed by atoms with Gasteiger partial charge in [-0.2, -0.15) is 0 Å². The largest absolute Gasteiger partial charge is 0.309 e. The number of aromatic nitrogens is 6. The zero-order valence-electron chi connectivity index (χ0n) is 27.8. The molecule has 0 unspecified atom stereocenters. The molecule has 0 radical (unpaired) electrons. The second-order valence-corrected chi connectivity index (χ2v) is 13.2. The number of benzene rings is 5. The predicted molar refractivity (Wildman–Crippen MR) is 212 cm³/mol. The summed E-state index contributed by atoms with van der Waals surface area (Å²) in [6.07, 6.45) is 7.26. The van der Waals surface area contributed by atoms with Gasteiger partial charge in [-0.15, -0.1) is 0 Å². The lowest BCUT2D eigenvalue weighted by Gasteiger charge is -2.12. The minimum atomic E-state index is 0.886. The predicted octanol–water partition coefficient (Wildman–Crippen LogP) is 11.1. The third-order valence-electron chi connectivity index (χ3n) is 10.3. The maximum absolute atomic E-state index is 4.96. The van der Waals surface area contributed by atoms with Crippen molar-refractivity contribution < 1.29 is 0 Å². The maximum atomic E-state index is 4.96. The van der Waals surface area contributed by atoms with Gasteiger partial charge in [-0.1, -0.05) is 72.8 Å². The number of nitrogens with zero attached hydrogens (tertiary/aromatic N) is 6. The van der Waals surface area contributed by atoms with E-state index in [1.54, 1.807) is 12.4 Å². The molecular formula is C46H28N6. The third kappa shape index (κ3) is 4.31. The second-order valence-electron chi connectivity index (χ2n) is 13.2. The highest BCUT2D eigenvalue weighted by Crippen LogP contribution is 2.42. The Morgan fingerprint density at radius 1 is 0.385 bits per heavy atom. The van der Waals surface area contributed by atoms with E-state index < -0.39 is 0 Å². The Hall–Kier alpha value is -7.18. The fraction of sp³-hybridized carbons (Fsp3) is 0. The zero-order valence-corrected chi connectivity index (χ0v) is 27.8. The quantitative estimate of drug-likeness (QED) is 0.188. The molecule has 0 amide bonds. The zero-order chi connectivity index (χ0) is 34.2. The first-order valence-electron chi connectivity index (χ1n) is 17.4. The summed E-state index contributed by atoms with van der Waals surface area (Å²) in [5.74, 6) is 0. The summed E-state index contributed by atoms with van der Waals surface area (Å²) >= 11 is 0. The van der Waals surface area contributed by atoms with Crippen LogP contribution in [-0.4, -0.2) is 29.1 Å². The van der Waals surface area contributed by atoms with Crippen molar-refractivity contribution in [1.82, 2.24) is 29.1 Å². The Balaban J connectivity index is 1.13. The van der Waals surface area contributed by atoms with Crippen molar-refractivity contribution >= 4 is 65.4 Å². The molecule has 6 aromatic heterocycles. The molecule has 0 atom stereocenters. The van der Waals surface area contributed by atoms with Crippen LogP contribution < -0.4 is 0 Å². The van der Waals surface area contributed by atoms with Crippen LogP contribution in [0.4, 0.5) is 0 Å². The summed E-state index contributed by atoms with van der Waals surface area (Å²) in [4.78, 5) is 18.5. The SMILES string of the molecule is c1cc(-c2ccc3ccncc3n2)cc(-n2c3ccccc3c3c4c5ccccc5n(-c5cccc(-c6ccc7ccncc7n6)c5)c4ccc32)c1. The molecule has 6 nitrogen and oxygen atoms in total. The van der Waals surface area contributed by atoms with Gasteiger partial charge in [0.05, 0.1) is 56.9 Å². The molecule has 6 heteroatoms. The first-order valence-corrected chi connectivity index (χ1v) is 17.4. The van der Waals surface area contributed by atoms with Gasteiger partial charge in [0.25, 0.3) is 0 Å². The lowest BCUT2D eigenvalue weighted by Crippen LogP contribution is -1.96. The fourth-order valence-electron chi connectivity index (χ4n) is 7.94. The van der Waals surface area contributed by atoms with Crippen molar-refractivity contribution in [1.29, 1.82) is 0 Å². The van der Waals surface area contributed by atoms with Gasteiger partial charge in [-0.25, -0.2) is 9.97 Å². The first-order chi connectivity index (χ1) is 25.8. The van der Waals surface area contributed by atoms with E-state index in [0.717, 1.165) is 77.8 Å². The monoisotopic (exact) mass is 664 g/mol. The maximum Gasteiger partial charge on any atom is 0.0892 e. The summed E-state index contributed by atoms with van der Waals surface area (Å²) in [7, 11) is 0. The van der Waals surface area contributed by atoms with E-state index in [1.807, 2.05) is 24.5 Å². The van der Waals surface area contributed by atoms with E-state index in [1.165, 1.54) is 21.5 Å². The molecular weight excluding hydrogens is 637 g/mol. The number of pyridine rings is 4. The van der Waals surface area contributed by atoms with Crippen molar-refractivity contribution in [2.75, 3.05) is 0 Å². The fourth-order valence-corrected chi connectivity index (χ4v) is 7.94. The van der Waals surface area contributed by atoms with E-state index in [-0.39, 0.29) is 0 Å². The van der Waals surface area contributed by atoms with Crippen molar-refractivity contribution in [3.05, 3.63) is 170 Å². The Labute approximate surface area is 297 Å². The lowest BCUT2D eigenvalue weighted by atomic mass is 10.1. The van der Waals surface area contributed by atoms with E-state index in [9.17, 15) is 0 Å². The van der Waals surface area contributed by atoms with Crippen LogP contribution in [-0.2, 0) is 0 Å². The summed E-state index contributed by atoms with van der Waals surface area (Å²) in [5.41, 5.74) is 12.6. The number of rotatable bonds is 4. The smallest absolute Gasteiger partial charge is 0.0892 e. The highest BCUT2D eigenvalue weighted by molar-refractivity contribution is 6.28. The number of para-hydroxylation sites is 2. The Morgan fingerprint density at radius 3 is 1.37 bits per heavy atom. The molecule has 0 bridgehead atoms. The molecule has 11 rings (SSSR count). The Morgan fingerprint density at radius 2 is 0.865 bits per heavy atom. The molecule has 52 heavy (non-hydrogen) atoms. The number of hydrogen-bond donors (Lipinski definition) is 0. The van der Waals surface area contributed by atoms with Crippen LogP contribution in [0.15, 0.2) is 170 Å². The molecule has 0 saturated heterocycles. The van der Waals surface area contributed by atoms with E-state index in [2.05, 4.69) is 153 Å². The number of fused-ring (bicyclic) bond motifs is 9. The van der Waals surface area contributed by atoms with Crippen LogP contribution in [0.25, 0.3) is 99.3 Å². The molecule has 0 N–H and O–H groups in total. The molecule has 0 fully saturated rings. The van der Waals surface area contributed by atoms with Gasteiger partial charge in [-0.3, -0.25) is 9.97 Å². The number of hydrogen-bond acceptors (Lipinski definition) is 4. The summed E-state index contributed by atoms with van der Waals surface area (Å²) in [6.45, 7) is 0. The topological polar surface area (TPSA) is 61.4 Å². The van der Waals surface area contributed by atoms with Gasteiger partial charge >= 0.3 is 0 Å². The molecule has 5 aromatic carbocycles. The minimum Gasteiger partial charge on any atom is -0.309 e. The molecule has 0 aliphatic rings. The van der Waals surface area contributed by atoms with Crippen molar-refractivity contribution in [2.24, 2.45) is 0 Å². The summed E-state index contributed by atoms with van der Waals surface area (Å²) < 4.78 is 4.78. The molecule has 0 aliphatic carbocycles. The Kier molecular flexibility index (Phi) is 6.15. The molecule has 11 aromatic rings. The average Bonchev–Trinajstić information content (AvgIpc) is 3.73. The van der Waals surface area contributed by atoms with Gasteiger partial charge in [0.1, 0.15) is 0 Å². The van der Waals surface area contributed by atoms with Gasteiger partial charge < -0.3 is 9.13 Å². The van der Waals surface area contributed by atoms with Crippen LogP contribution in [0.2, 0.25) is 0 Å². The van der Waals surface area contributed by atoms with Crippen LogP contribution in [0, 0.1) is 0 Å². The summed E-state index contributed by atoms with van der Waals surface area (Å²) in [5, 5.41) is 7.07. The molecule has 242 valence electrons. The van der Waals surface area contributed by atoms with Crippen LogP contribution in [0.5, 0.6) is 0 Å². The molecule has 0 saturated carbocycles. The van der Waals surface area contributed by atoms with Crippen LogP contribution in [0.1, 0.15) is 0 Å². The summed E-state index contributed by atoms with van der Waals surface area (Å²) in [6, 6.07) is 51.8. The average molecular weight is 665 g/mol. The molecule has 6 heterocycles. The standard InChI is InChI=1S/C46H28N6/c1-3-13-41-35(11-1)45-43(51(41)33-9-5-7-31(25-33)37-17-15-29-21-23-47-27-39(29)49-37)19-20-44-46(45)36-12-2-4-14-42(36)52(44)34-10-6-8-32(26-34)38-18-16-30-22-24-48-28-40(30)50-38/h1-28H. The third-order valence-corrected chi connectivity index (χ3v) is 10.3. The van der Waals surface area contributed by atoms with Crippen molar-refractivity contribution in [2.45, 2.75) is 0 Å². The normalized spacial score (nSPS) is 11.8. The van der Waals surface area contributed by atoms with E-state index in [4.69, 9.17) is 9.97 Å². The van der Waals surface area contributed by atoms with E-state index in [0.29, 0.717) is 0 Å². The van der Waals surface area contributed by atoms with Crippen molar-refractivity contribution in [3.8, 4) is 33.9 Å². The van der Waals surface area contributed by atoms with Gasteiger partial charge in [0.15, 0.2) is 0 Å². The lowest BCUT2D eigenvalue weighted by molar-refractivity contribution is 1.17. The van der Waals surface area contributed by atoms with E-state index >= 15 is 0 Å². The van der Waals surface area contributed by atoms with Crippen LogP contribution >= 0.6 is 0 Å². The van der Waals surface area contributed by atoms with Gasteiger partial charge in [0.2, 0.25) is 0 Å². The highest BCUT2D eigenvalue weighted by atomic mass is 15.0. The Bertz CT molecular complexity index is 2990. The minimum absolute atomic E-state index is 0.886. The second kappa shape index (κ2) is 11.2. The van der Waals surface area contributed by atoms with Gasteiger partial charge in [-0.05, 0) is 72.8 Å². The first kappa shape index (κ1) is 28.6. The highest BCUT2D eigenvalue weighted by Gasteiger charge is 2.21. The molecule has 0 spiro atoms. The van der Waals surface area contributed by atoms with Gasteiger partial charge in [0, 0.05) is 67.2 Å².